The van der Waals surface area contributed by atoms with E-state index in [1.54, 1.807) is 0 Å². The Morgan fingerprint density at radius 3 is 3.00 bits per heavy atom. The van der Waals surface area contributed by atoms with Crippen LogP contribution in [0.2, 0.25) is 0 Å². The molecule has 1 fully saturated rings. The predicted octanol–water partition coefficient (Wildman–Crippen LogP) is 1.42. The molecule has 0 aromatic carbocycles. The standard InChI is InChI=1S/C10H12N2/c1-7-8(2)12-10-6-4-3-5-9(10)11-7/h3-5,10-12H,1-2,6H2. The average molecular weight is 160 g/mol. The molecule has 0 aromatic rings. The summed E-state index contributed by atoms with van der Waals surface area (Å²) in [6.07, 6.45) is 7.29. The quantitative estimate of drug-likeness (QED) is 0.560. The third-order valence-corrected chi connectivity index (χ3v) is 2.17. The molecule has 62 valence electrons. The van der Waals surface area contributed by atoms with Gasteiger partial charge >= 0.3 is 0 Å². The van der Waals surface area contributed by atoms with Crippen LogP contribution in [-0.4, -0.2) is 6.04 Å². The lowest BCUT2D eigenvalue weighted by Gasteiger charge is -2.32. The normalized spacial score (nSPS) is 27.0. The summed E-state index contributed by atoms with van der Waals surface area (Å²) in [5.41, 5.74) is 2.95. The first kappa shape index (κ1) is 7.22. The van der Waals surface area contributed by atoms with Crippen molar-refractivity contribution < 1.29 is 0 Å². The van der Waals surface area contributed by atoms with Crippen LogP contribution in [-0.2, 0) is 0 Å². The number of allylic oxidation sites excluding steroid dienone is 2. The van der Waals surface area contributed by atoms with Crippen molar-refractivity contribution in [1.82, 2.24) is 10.6 Å². The molecular weight excluding hydrogens is 148 g/mol. The van der Waals surface area contributed by atoms with E-state index in [9.17, 15) is 0 Å². The highest BCUT2D eigenvalue weighted by atomic mass is 15.1. The van der Waals surface area contributed by atoms with Gasteiger partial charge in [0.1, 0.15) is 0 Å². The van der Waals surface area contributed by atoms with Crippen LogP contribution in [0.15, 0.2) is 48.5 Å². The van der Waals surface area contributed by atoms with Crippen LogP contribution in [0.3, 0.4) is 0 Å². The topological polar surface area (TPSA) is 24.1 Å². The molecule has 0 radical (unpaired) electrons. The van der Waals surface area contributed by atoms with E-state index in [0.717, 1.165) is 17.8 Å². The fraction of sp³-hybridized carbons (Fsp3) is 0.200. The van der Waals surface area contributed by atoms with Crippen molar-refractivity contribution in [3.8, 4) is 0 Å². The largest absolute Gasteiger partial charge is 0.375 e. The van der Waals surface area contributed by atoms with Crippen molar-refractivity contribution in [3.63, 3.8) is 0 Å². The minimum atomic E-state index is 0.369. The summed E-state index contributed by atoms with van der Waals surface area (Å²) < 4.78 is 0. The summed E-state index contributed by atoms with van der Waals surface area (Å²) in [5, 5.41) is 6.51. The van der Waals surface area contributed by atoms with Gasteiger partial charge in [-0.2, -0.15) is 0 Å². The number of hydrogen-bond donors (Lipinski definition) is 2. The van der Waals surface area contributed by atoms with E-state index in [4.69, 9.17) is 0 Å². The highest BCUT2D eigenvalue weighted by Gasteiger charge is 2.21. The molecule has 0 saturated carbocycles. The van der Waals surface area contributed by atoms with Crippen LogP contribution in [0, 0.1) is 0 Å². The molecule has 2 N–H and O–H groups in total. The zero-order valence-corrected chi connectivity index (χ0v) is 6.93. The van der Waals surface area contributed by atoms with E-state index in [1.807, 2.05) is 0 Å². The Bertz CT molecular complexity index is 297. The number of fused-ring (bicyclic) bond motifs is 1. The van der Waals surface area contributed by atoms with Crippen molar-refractivity contribution in [2.45, 2.75) is 12.5 Å². The third-order valence-electron chi connectivity index (χ3n) is 2.17. The van der Waals surface area contributed by atoms with Crippen molar-refractivity contribution >= 4 is 0 Å². The minimum absolute atomic E-state index is 0.369. The summed E-state index contributed by atoms with van der Waals surface area (Å²) >= 11 is 0. The maximum Gasteiger partial charge on any atom is 0.0698 e. The molecule has 1 aliphatic carbocycles. The van der Waals surface area contributed by atoms with Crippen LogP contribution < -0.4 is 10.6 Å². The van der Waals surface area contributed by atoms with Gasteiger partial charge in [0.25, 0.3) is 0 Å². The Labute approximate surface area is 72.4 Å². The highest BCUT2D eigenvalue weighted by molar-refractivity contribution is 5.37. The van der Waals surface area contributed by atoms with Crippen LogP contribution in [0.5, 0.6) is 0 Å². The van der Waals surface area contributed by atoms with E-state index in [0.29, 0.717) is 6.04 Å². The molecule has 0 aromatic heterocycles. The van der Waals surface area contributed by atoms with E-state index in [2.05, 4.69) is 42.0 Å². The van der Waals surface area contributed by atoms with Crippen LogP contribution in [0.4, 0.5) is 0 Å². The van der Waals surface area contributed by atoms with Gasteiger partial charge in [-0.25, -0.2) is 0 Å². The molecule has 0 bridgehead atoms. The summed E-state index contributed by atoms with van der Waals surface area (Å²) in [5.74, 6) is 0. The van der Waals surface area contributed by atoms with Gasteiger partial charge in [-0.1, -0.05) is 25.3 Å². The molecule has 1 unspecified atom stereocenters. The second-order valence-electron chi connectivity index (χ2n) is 3.06. The van der Waals surface area contributed by atoms with E-state index in [1.165, 1.54) is 5.70 Å². The van der Waals surface area contributed by atoms with Gasteiger partial charge in [-0.15, -0.1) is 0 Å². The molecule has 0 amide bonds. The summed E-state index contributed by atoms with van der Waals surface area (Å²) in [6.45, 7) is 7.71. The second kappa shape index (κ2) is 2.55. The molecule has 1 atom stereocenters. The Kier molecular flexibility index (Phi) is 1.54. The lowest BCUT2D eigenvalue weighted by Crippen LogP contribution is -2.43. The van der Waals surface area contributed by atoms with Gasteiger partial charge < -0.3 is 10.6 Å². The summed E-state index contributed by atoms with van der Waals surface area (Å²) in [4.78, 5) is 0. The number of piperazine rings is 1. The molecule has 2 aliphatic rings. The molecule has 0 spiro atoms. The van der Waals surface area contributed by atoms with Crippen molar-refractivity contribution in [3.05, 3.63) is 48.5 Å². The van der Waals surface area contributed by atoms with Crippen molar-refractivity contribution in [2.24, 2.45) is 0 Å². The average Bonchev–Trinajstić information content (AvgIpc) is 2.07. The van der Waals surface area contributed by atoms with Crippen LogP contribution in [0.25, 0.3) is 0 Å². The Morgan fingerprint density at radius 1 is 1.33 bits per heavy atom. The fourth-order valence-corrected chi connectivity index (χ4v) is 1.44. The van der Waals surface area contributed by atoms with Crippen molar-refractivity contribution in [2.75, 3.05) is 0 Å². The van der Waals surface area contributed by atoms with Gasteiger partial charge in [0, 0.05) is 5.70 Å². The number of rotatable bonds is 0. The van der Waals surface area contributed by atoms with Crippen LogP contribution >= 0.6 is 0 Å². The maximum absolute atomic E-state index is 3.86. The smallest absolute Gasteiger partial charge is 0.0698 e. The molecule has 2 nitrogen and oxygen atoms in total. The van der Waals surface area contributed by atoms with Crippen molar-refractivity contribution in [1.29, 1.82) is 0 Å². The Balaban J connectivity index is 2.25. The lowest BCUT2D eigenvalue weighted by molar-refractivity contribution is 0.572. The van der Waals surface area contributed by atoms with E-state index in [-0.39, 0.29) is 0 Å². The fourth-order valence-electron chi connectivity index (χ4n) is 1.44. The van der Waals surface area contributed by atoms with E-state index >= 15 is 0 Å². The highest BCUT2D eigenvalue weighted by Crippen LogP contribution is 2.19. The van der Waals surface area contributed by atoms with Crippen LogP contribution in [0.1, 0.15) is 6.42 Å². The zero-order valence-electron chi connectivity index (χ0n) is 6.93. The van der Waals surface area contributed by atoms with Gasteiger partial charge in [-0.3, -0.25) is 0 Å². The molecule has 2 heteroatoms. The first-order valence-corrected chi connectivity index (χ1v) is 4.06. The molecule has 2 rings (SSSR count). The minimum Gasteiger partial charge on any atom is -0.375 e. The Hall–Kier alpha value is -1.44. The van der Waals surface area contributed by atoms with Gasteiger partial charge in [0.05, 0.1) is 17.4 Å². The van der Waals surface area contributed by atoms with Gasteiger partial charge in [0.2, 0.25) is 0 Å². The van der Waals surface area contributed by atoms with E-state index < -0.39 is 0 Å². The lowest BCUT2D eigenvalue weighted by atomic mass is 10.0. The van der Waals surface area contributed by atoms with Gasteiger partial charge in [0.15, 0.2) is 0 Å². The summed E-state index contributed by atoms with van der Waals surface area (Å²) in [7, 11) is 0. The molecule has 1 saturated heterocycles. The monoisotopic (exact) mass is 160 g/mol. The predicted molar refractivity (Wildman–Crippen MR) is 50.2 cm³/mol. The molecular formula is C10H12N2. The molecule has 1 heterocycles. The zero-order chi connectivity index (χ0) is 8.55. The molecule has 1 aliphatic heterocycles. The number of hydrogen-bond acceptors (Lipinski definition) is 2. The van der Waals surface area contributed by atoms with Gasteiger partial charge in [-0.05, 0) is 12.5 Å². The SMILES string of the molecule is C=C1NC2=CC=CCC2NC1=C. The third kappa shape index (κ3) is 1.05. The first-order chi connectivity index (χ1) is 5.77. The maximum atomic E-state index is 3.86. The first-order valence-electron chi connectivity index (χ1n) is 4.06. The Morgan fingerprint density at radius 2 is 2.17 bits per heavy atom. The molecule has 12 heavy (non-hydrogen) atoms. The number of nitrogens with one attached hydrogen (secondary N) is 2. The second-order valence-corrected chi connectivity index (χ2v) is 3.06. The summed E-state index contributed by atoms with van der Waals surface area (Å²) in [6, 6.07) is 0.369.